The van der Waals surface area contributed by atoms with Crippen LogP contribution in [0.2, 0.25) is 0 Å². The van der Waals surface area contributed by atoms with Crippen LogP contribution in [0.3, 0.4) is 0 Å². The molecule has 0 unspecified atom stereocenters. The predicted octanol–water partition coefficient (Wildman–Crippen LogP) is 2.23. The topological polar surface area (TPSA) is 44.9 Å². The van der Waals surface area contributed by atoms with Crippen molar-refractivity contribution in [3.8, 4) is 0 Å². The first-order valence-corrected chi connectivity index (χ1v) is 8.52. The highest BCUT2D eigenvalue weighted by atomic mass is 15.3. The average Bonchev–Trinajstić information content (AvgIpc) is 3.39. The Balaban J connectivity index is 1.61. The summed E-state index contributed by atoms with van der Waals surface area (Å²) in [7, 11) is 2.06. The number of nitrogens with zero attached hydrogens (tertiary/aromatic N) is 3. The second kappa shape index (κ2) is 6.69. The van der Waals surface area contributed by atoms with Crippen molar-refractivity contribution in [1.82, 2.24) is 9.80 Å². The number of rotatable bonds is 5. The number of guanidine groups is 1. The van der Waals surface area contributed by atoms with Gasteiger partial charge in [0.25, 0.3) is 0 Å². The van der Waals surface area contributed by atoms with E-state index in [0.29, 0.717) is 18.0 Å². The molecule has 2 aliphatic rings. The summed E-state index contributed by atoms with van der Waals surface area (Å²) in [5.74, 6) is 0.707. The second-order valence-corrected chi connectivity index (χ2v) is 6.59. The van der Waals surface area contributed by atoms with Gasteiger partial charge in [-0.25, -0.2) is 0 Å². The molecule has 1 atom stereocenters. The summed E-state index contributed by atoms with van der Waals surface area (Å²) in [6, 6.07) is 9.92. The zero-order valence-corrected chi connectivity index (χ0v) is 13.8. The quantitative estimate of drug-likeness (QED) is 0.670. The van der Waals surface area contributed by atoms with E-state index < -0.39 is 0 Å². The van der Waals surface area contributed by atoms with Crippen LogP contribution in [0.15, 0.2) is 29.3 Å². The summed E-state index contributed by atoms with van der Waals surface area (Å²) in [4.78, 5) is 9.37. The normalized spacial score (nSPS) is 20.5. The maximum Gasteiger partial charge on any atom is 0.191 e. The molecule has 0 spiro atoms. The Hall–Kier alpha value is -1.55. The number of fused-ring (bicyclic) bond motifs is 1. The lowest BCUT2D eigenvalue weighted by molar-refractivity contribution is 0.178. The van der Waals surface area contributed by atoms with Gasteiger partial charge in [-0.15, -0.1) is 0 Å². The first kappa shape index (κ1) is 15.3. The Kier molecular flexibility index (Phi) is 4.67. The van der Waals surface area contributed by atoms with Crippen molar-refractivity contribution in [3.63, 3.8) is 0 Å². The lowest BCUT2D eigenvalue weighted by Crippen LogP contribution is -2.42. The Morgan fingerprint density at radius 1 is 1.36 bits per heavy atom. The van der Waals surface area contributed by atoms with Gasteiger partial charge in [-0.1, -0.05) is 31.2 Å². The highest BCUT2D eigenvalue weighted by Crippen LogP contribution is 2.25. The van der Waals surface area contributed by atoms with E-state index in [2.05, 4.69) is 53.0 Å². The van der Waals surface area contributed by atoms with Crippen molar-refractivity contribution in [1.29, 1.82) is 0 Å². The Morgan fingerprint density at radius 3 is 2.77 bits per heavy atom. The standard InChI is InChI=1S/C18H28N4/c1-3-16(12-20-18(19)21(2)17-8-9-17)22-11-10-14-6-4-5-7-15(14)13-22/h4-7,16-17H,3,8-13H2,1-2H3,(H2,19,20)/t16-/m0/s1. The molecule has 4 nitrogen and oxygen atoms in total. The fraction of sp³-hybridized carbons (Fsp3) is 0.611. The van der Waals surface area contributed by atoms with Gasteiger partial charge in [-0.05, 0) is 36.8 Å². The molecule has 2 N–H and O–H groups in total. The maximum atomic E-state index is 6.12. The fourth-order valence-corrected chi connectivity index (χ4v) is 3.29. The van der Waals surface area contributed by atoms with Gasteiger partial charge in [0, 0.05) is 32.2 Å². The minimum absolute atomic E-state index is 0.486. The van der Waals surface area contributed by atoms with Crippen LogP contribution < -0.4 is 5.73 Å². The predicted molar refractivity (Wildman–Crippen MR) is 91.9 cm³/mol. The molecule has 0 radical (unpaired) electrons. The van der Waals surface area contributed by atoms with E-state index in [9.17, 15) is 0 Å². The van der Waals surface area contributed by atoms with Crippen LogP contribution in [0, 0.1) is 0 Å². The summed E-state index contributed by atoms with van der Waals surface area (Å²) in [6.07, 6.45) is 4.78. The van der Waals surface area contributed by atoms with Crippen molar-refractivity contribution >= 4 is 5.96 Å². The Morgan fingerprint density at radius 2 is 2.09 bits per heavy atom. The number of aliphatic imine (C=N–C) groups is 1. The average molecular weight is 300 g/mol. The number of nitrogens with two attached hydrogens (primary N) is 1. The monoisotopic (exact) mass is 300 g/mol. The number of benzene rings is 1. The molecule has 0 aromatic heterocycles. The minimum atomic E-state index is 0.486. The van der Waals surface area contributed by atoms with E-state index in [1.54, 1.807) is 0 Å². The zero-order chi connectivity index (χ0) is 15.5. The molecule has 1 heterocycles. The minimum Gasteiger partial charge on any atom is -0.370 e. The van der Waals surface area contributed by atoms with Crippen molar-refractivity contribution in [2.45, 2.75) is 51.2 Å². The van der Waals surface area contributed by atoms with Gasteiger partial charge in [0.2, 0.25) is 0 Å². The first-order chi connectivity index (χ1) is 10.7. The van der Waals surface area contributed by atoms with Gasteiger partial charge < -0.3 is 10.6 Å². The maximum absolute atomic E-state index is 6.12. The molecule has 1 aliphatic heterocycles. The van der Waals surface area contributed by atoms with Crippen molar-refractivity contribution in [3.05, 3.63) is 35.4 Å². The molecule has 1 aromatic rings. The third-order valence-electron chi connectivity index (χ3n) is 5.07. The molecule has 0 saturated heterocycles. The summed E-state index contributed by atoms with van der Waals surface area (Å²) in [5, 5.41) is 0. The van der Waals surface area contributed by atoms with E-state index in [-0.39, 0.29) is 0 Å². The third kappa shape index (κ3) is 3.43. The number of hydrogen-bond donors (Lipinski definition) is 1. The van der Waals surface area contributed by atoms with Crippen LogP contribution in [0.25, 0.3) is 0 Å². The van der Waals surface area contributed by atoms with Crippen molar-refractivity contribution in [2.75, 3.05) is 20.1 Å². The van der Waals surface area contributed by atoms with Gasteiger partial charge in [0.15, 0.2) is 5.96 Å². The van der Waals surface area contributed by atoms with Crippen LogP contribution in [-0.2, 0) is 13.0 Å². The van der Waals surface area contributed by atoms with E-state index in [1.807, 2.05) is 0 Å². The fourth-order valence-electron chi connectivity index (χ4n) is 3.29. The van der Waals surface area contributed by atoms with E-state index in [1.165, 1.54) is 24.0 Å². The van der Waals surface area contributed by atoms with Gasteiger partial charge in [0.1, 0.15) is 0 Å². The molecule has 0 amide bonds. The highest BCUT2D eigenvalue weighted by molar-refractivity contribution is 5.78. The second-order valence-electron chi connectivity index (χ2n) is 6.59. The van der Waals surface area contributed by atoms with Gasteiger partial charge >= 0.3 is 0 Å². The van der Waals surface area contributed by atoms with Crippen LogP contribution in [0.4, 0.5) is 0 Å². The molecule has 120 valence electrons. The van der Waals surface area contributed by atoms with Crippen molar-refractivity contribution < 1.29 is 0 Å². The molecule has 0 bridgehead atoms. The Labute approximate surface area is 134 Å². The summed E-state index contributed by atoms with van der Waals surface area (Å²) >= 11 is 0. The van der Waals surface area contributed by atoms with E-state index >= 15 is 0 Å². The van der Waals surface area contributed by atoms with Crippen LogP contribution >= 0.6 is 0 Å². The van der Waals surface area contributed by atoms with Gasteiger partial charge in [-0.3, -0.25) is 9.89 Å². The van der Waals surface area contributed by atoms with Crippen LogP contribution in [0.5, 0.6) is 0 Å². The van der Waals surface area contributed by atoms with E-state index in [4.69, 9.17) is 5.73 Å². The van der Waals surface area contributed by atoms with Gasteiger partial charge in [0.05, 0.1) is 6.54 Å². The molecule has 1 saturated carbocycles. The SMILES string of the molecule is CC[C@@H](CN=C(N)N(C)C1CC1)N1CCc2ccccc2C1. The molecule has 3 rings (SSSR count). The highest BCUT2D eigenvalue weighted by Gasteiger charge is 2.28. The van der Waals surface area contributed by atoms with Gasteiger partial charge in [-0.2, -0.15) is 0 Å². The molecule has 1 fully saturated rings. The lowest BCUT2D eigenvalue weighted by atomic mass is 9.98. The Bertz CT molecular complexity index is 536. The molecule has 1 aliphatic carbocycles. The summed E-state index contributed by atoms with van der Waals surface area (Å²) in [6.45, 7) is 5.23. The smallest absolute Gasteiger partial charge is 0.191 e. The summed E-state index contributed by atoms with van der Waals surface area (Å²) in [5.41, 5.74) is 9.10. The van der Waals surface area contributed by atoms with E-state index in [0.717, 1.165) is 32.5 Å². The third-order valence-corrected chi connectivity index (χ3v) is 5.07. The van der Waals surface area contributed by atoms with Crippen molar-refractivity contribution in [2.24, 2.45) is 10.7 Å². The van der Waals surface area contributed by atoms with Crippen LogP contribution in [-0.4, -0.2) is 48.0 Å². The first-order valence-electron chi connectivity index (χ1n) is 8.52. The summed E-state index contributed by atoms with van der Waals surface area (Å²) < 4.78 is 0. The largest absolute Gasteiger partial charge is 0.370 e. The molecular formula is C18H28N4. The lowest BCUT2D eigenvalue weighted by Gasteiger charge is -2.34. The zero-order valence-electron chi connectivity index (χ0n) is 13.8. The number of hydrogen-bond acceptors (Lipinski definition) is 2. The molecule has 4 heteroatoms. The van der Waals surface area contributed by atoms with Crippen LogP contribution in [0.1, 0.15) is 37.3 Å². The molecule has 22 heavy (non-hydrogen) atoms. The molecule has 1 aromatic carbocycles. The molecular weight excluding hydrogens is 272 g/mol.